The number of aromatic nitrogens is 4. The average molecular weight is 484 g/mol. The number of anilines is 1. The molecule has 2 aliphatic carbocycles. The van der Waals surface area contributed by atoms with Gasteiger partial charge in [0.25, 0.3) is 0 Å². The molecule has 1 N–H and O–H groups in total. The van der Waals surface area contributed by atoms with E-state index in [1.807, 2.05) is 18.2 Å². The Hall–Kier alpha value is -2.81. The van der Waals surface area contributed by atoms with Gasteiger partial charge in [-0.3, -0.25) is 0 Å². The predicted octanol–water partition coefficient (Wildman–Crippen LogP) is 5.52. The number of phenols is 1. The lowest BCUT2D eigenvalue weighted by atomic mass is 9.69. The van der Waals surface area contributed by atoms with Gasteiger partial charge >= 0.3 is 0 Å². The van der Waals surface area contributed by atoms with Gasteiger partial charge in [0, 0.05) is 12.6 Å². The zero-order valence-electron chi connectivity index (χ0n) is 19.2. The Morgan fingerprint density at radius 1 is 1.06 bits per heavy atom. The first-order chi connectivity index (χ1) is 16.4. The van der Waals surface area contributed by atoms with Crippen LogP contribution in [-0.2, 0) is 0 Å². The minimum atomic E-state index is -0.875. The van der Waals surface area contributed by atoms with Crippen molar-refractivity contribution in [3.8, 4) is 28.3 Å². The van der Waals surface area contributed by atoms with Crippen LogP contribution in [0.15, 0.2) is 41.7 Å². The maximum atomic E-state index is 15.1. The van der Waals surface area contributed by atoms with Crippen LogP contribution >= 0.6 is 11.8 Å². The highest BCUT2D eigenvalue weighted by molar-refractivity contribution is 7.98. The summed E-state index contributed by atoms with van der Waals surface area (Å²) in [6, 6.07) is 6.25. The SMILES string of the molecule is CSc1cc(-c2ccc(-c3ncc(N(C)[C@H]4C[C@@H]5CCC[C@@H](C5)[C@H]4F)nn3)c(O)c2)c(F)cn1. The number of fused-ring (bicyclic) bond motifs is 2. The molecule has 0 spiro atoms. The van der Waals surface area contributed by atoms with Gasteiger partial charge < -0.3 is 10.0 Å². The summed E-state index contributed by atoms with van der Waals surface area (Å²) in [5.41, 5.74) is 1.27. The fourth-order valence-corrected chi connectivity index (χ4v) is 5.75. The number of nitrogens with zero attached hydrogens (tertiary/aromatic N) is 5. The number of phenolic OH excluding ortho intramolecular Hbond substituents is 1. The van der Waals surface area contributed by atoms with Crippen molar-refractivity contribution in [2.75, 3.05) is 18.2 Å². The van der Waals surface area contributed by atoms with Gasteiger partial charge in [-0.05, 0) is 61.1 Å². The number of halogens is 2. The largest absolute Gasteiger partial charge is 0.507 e. The van der Waals surface area contributed by atoms with E-state index in [1.54, 1.807) is 24.4 Å². The lowest BCUT2D eigenvalue weighted by molar-refractivity contribution is 0.0656. The van der Waals surface area contributed by atoms with Crippen molar-refractivity contribution in [1.29, 1.82) is 0 Å². The molecule has 3 aromatic rings. The molecule has 178 valence electrons. The van der Waals surface area contributed by atoms with E-state index >= 15 is 4.39 Å². The highest BCUT2D eigenvalue weighted by atomic mass is 32.2. The molecule has 0 saturated heterocycles. The van der Waals surface area contributed by atoms with Gasteiger partial charge in [0.2, 0.25) is 0 Å². The van der Waals surface area contributed by atoms with E-state index in [2.05, 4.69) is 20.2 Å². The standard InChI is InChI=1S/C25H27F2N5OS/c1-32(20-9-14-4-3-5-16(8-14)24(20)27)22-13-29-25(31-30-22)17-7-6-15(10-21(17)33)18-11-23(34-2)28-12-19(18)26/h6-7,10-14,16,20,24,33H,3-5,8-9H2,1-2H3/t14-,16+,20+,24-/m1/s1. The lowest BCUT2D eigenvalue weighted by Gasteiger charge is -2.45. The number of rotatable bonds is 5. The molecule has 2 bridgehead atoms. The number of aromatic hydroxyl groups is 1. The Kier molecular flexibility index (Phi) is 6.38. The van der Waals surface area contributed by atoms with E-state index in [0.29, 0.717) is 33.5 Å². The molecule has 2 fully saturated rings. The van der Waals surface area contributed by atoms with E-state index in [9.17, 15) is 9.50 Å². The van der Waals surface area contributed by atoms with Crippen LogP contribution in [0.25, 0.3) is 22.5 Å². The van der Waals surface area contributed by atoms with Crippen molar-refractivity contribution in [1.82, 2.24) is 20.2 Å². The first-order valence-electron chi connectivity index (χ1n) is 11.5. The molecule has 6 nitrogen and oxygen atoms in total. The zero-order chi connectivity index (χ0) is 23.8. The number of thioether (sulfide) groups is 1. The quantitative estimate of drug-likeness (QED) is 0.479. The maximum absolute atomic E-state index is 15.1. The molecule has 2 aliphatic rings. The normalized spacial score (nSPS) is 24.1. The van der Waals surface area contributed by atoms with Crippen molar-refractivity contribution >= 4 is 17.6 Å². The molecule has 2 aromatic heterocycles. The number of alkyl halides is 1. The highest BCUT2D eigenvalue weighted by Gasteiger charge is 2.42. The summed E-state index contributed by atoms with van der Waals surface area (Å²) >= 11 is 1.41. The summed E-state index contributed by atoms with van der Waals surface area (Å²) in [4.78, 5) is 10.3. The second-order valence-corrected chi connectivity index (χ2v) is 10.1. The third kappa shape index (κ3) is 4.33. The number of hydrogen-bond donors (Lipinski definition) is 1. The van der Waals surface area contributed by atoms with Gasteiger partial charge in [0.05, 0.1) is 29.0 Å². The second-order valence-electron chi connectivity index (χ2n) is 9.23. The molecule has 2 saturated carbocycles. The molecule has 2 heterocycles. The van der Waals surface area contributed by atoms with Crippen LogP contribution in [0.5, 0.6) is 5.75 Å². The minimum Gasteiger partial charge on any atom is -0.507 e. The van der Waals surface area contributed by atoms with E-state index in [1.165, 1.54) is 30.4 Å². The second kappa shape index (κ2) is 9.44. The van der Waals surface area contributed by atoms with Crippen LogP contribution in [0.2, 0.25) is 0 Å². The van der Waals surface area contributed by atoms with Gasteiger partial charge in [0.1, 0.15) is 17.7 Å². The summed E-state index contributed by atoms with van der Waals surface area (Å²) in [6.07, 6.45) is 8.81. The van der Waals surface area contributed by atoms with Gasteiger partial charge in [-0.2, -0.15) is 0 Å². The van der Waals surface area contributed by atoms with E-state index in [-0.39, 0.29) is 23.5 Å². The summed E-state index contributed by atoms with van der Waals surface area (Å²) in [6.45, 7) is 0. The van der Waals surface area contributed by atoms with Crippen LogP contribution in [0, 0.1) is 17.7 Å². The maximum Gasteiger partial charge on any atom is 0.185 e. The predicted molar refractivity (Wildman–Crippen MR) is 129 cm³/mol. The highest BCUT2D eigenvalue weighted by Crippen LogP contribution is 2.43. The van der Waals surface area contributed by atoms with Crippen LogP contribution in [0.4, 0.5) is 14.6 Å². The minimum absolute atomic E-state index is 0.0775. The van der Waals surface area contributed by atoms with Crippen molar-refractivity contribution in [2.45, 2.75) is 49.3 Å². The number of pyridine rings is 1. The zero-order valence-corrected chi connectivity index (χ0v) is 20.0. The van der Waals surface area contributed by atoms with Crippen LogP contribution in [-0.4, -0.2) is 50.8 Å². The Bertz CT molecular complexity index is 1180. The van der Waals surface area contributed by atoms with Gasteiger partial charge in [0.15, 0.2) is 11.6 Å². The van der Waals surface area contributed by atoms with Gasteiger partial charge in [-0.15, -0.1) is 22.0 Å². The van der Waals surface area contributed by atoms with Crippen LogP contribution < -0.4 is 4.90 Å². The van der Waals surface area contributed by atoms with E-state index in [0.717, 1.165) is 25.7 Å². The first-order valence-corrected chi connectivity index (χ1v) is 12.8. The molecule has 4 atom stereocenters. The average Bonchev–Trinajstić information content (AvgIpc) is 2.86. The van der Waals surface area contributed by atoms with Crippen LogP contribution in [0.1, 0.15) is 32.1 Å². The molecule has 34 heavy (non-hydrogen) atoms. The fraction of sp³-hybridized carbons (Fsp3) is 0.440. The molecular weight excluding hydrogens is 456 g/mol. The van der Waals surface area contributed by atoms with Crippen molar-refractivity contribution in [2.24, 2.45) is 11.8 Å². The molecule has 5 rings (SSSR count). The molecular formula is C25H27F2N5OS. The van der Waals surface area contributed by atoms with Crippen molar-refractivity contribution < 1.29 is 13.9 Å². The molecule has 0 radical (unpaired) electrons. The summed E-state index contributed by atoms with van der Waals surface area (Å²) < 4.78 is 29.4. The molecule has 0 unspecified atom stereocenters. The first kappa shape index (κ1) is 23.0. The van der Waals surface area contributed by atoms with Crippen LogP contribution in [0.3, 0.4) is 0 Å². The van der Waals surface area contributed by atoms with E-state index < -0.39 is 12.0 Å². The Labute approximate surface area is 201 Å². The summed E-state index contributed by atoms with van der Waals surface area (Å²) in [7, 11) is 1.85. The summed E-state index contributed by atoms with van der Waals surface area (Å²) in [5, 5.41) is 19.8. The fourth-order valence-electron chi connectivity index (χ4n) is 5.36. The molecule has 1 aromatic carbocycles. The smallest absolute Gasteiger partial charge is 0.185 e. The third-order valence-electron chi connectivity index (χ3n) is 7.21. The Morgan fingerprint density at radius 3 is 2.65 bits per heavy atom. The van der Waals surface area contributed by atoms with Crippen molar-refractivity contribution in [3.05, 3.63) is 42.5 Å². The van der Waals surface area contributed by atoms with Gasteiger partial charge in [-0.1, -0.05) is 18.9 Å². The lowest BCUT2D eigenvalue weighted by Crippen LogP contribution is -2.49. The summed E-state index contributed by atoms with van der Waals surface area (Å²) in [5.74, 6) is 0.924. The molecule has 9 heteroatoms. The number of benzene rings is 1. The topological polar surface area (TPSA) is 75.0 Å². The molecule has 0 amide bonds. The Balaban J connectivity index is 1.36. The monoisotopic (exact) mass is 483 g/mol. The number of hydrogen-bond acceptors (Lipinski definition) is 7. The van der Waals surface area contributed by atoms with E-state index in [4.69, 9.17) is 0 Å². The van der Waals surface area contributed by atoms with Gasteiger partial charge in [-0.25, -0.2) is 18.7 Å². The third-order valence-corrected chi connectivity index (χ3v) is 7.85. The van der Waals surface area contributed by atoms with Crippen molar-refractivity contribution in [3.63, 3.8) is 0 Å². The molecule has 0 aliphatic heterocycles. The Morgan fingerprint density at radius 2 is 1.91 bits per heavy atom.